The second-order valence-corrected chi connectivity index (χ2v) is 5.50. The van der Waals surface area contributed by atoms with Gasteiger partial charge >= 0.3 is 0 Å². The lowest BCUT2D eigenvalue weighted by atomic mass is 9.74. The molecule has 2 unspecified atom stereocenters. The van der Waals surface area contributed by atoms with Gasteiger partial charge in [-0.3, -0.25) is 0 Å². The van der Waals surface area contributed by atoms with E-state index in [1.165, 1.54) is 17.7 Å². The summed E-state index contributed by atoms with van der Waals surface area (Å²) in [5.41, 5.74) is 2.94. The van der Waals surface area contributed by atoms with Crippen molar-refractivity contribution >= 4 is 11.6 Å². The monoisotopic (exact) mass is 278 g/mol. The predicted octanol–water partition coefficient (Wildman–Crippen LogP) is 4.89. The average Bonchev–Trinajstić information content (AvgIpc) is 2.35. The van der Waals surface area contributed by atoms with Gasteiger partial charge in [0, 0.05) is 11.5 Å². The van der Waals surface area contributed by atoms with Crippen molar-refractivity contribution in [2.24, 2.45) is 0 Å². The van der Waals surface area contributed by atoms with Crippen LogP contribution < -0.4 is 0 Å². The SMILES string of the molecule is Cc1cc(F)c(C(Cl)C2Cc3ccccc32)cc1F. The molecule has 1 aliphatic rings. The largest absolute Gasteiger partial charge is 0.207 e. The average molecular weight is 279 g/mol. The van der Waals surface area contributed by atoms with Gasteiger partial charge in [0.15, 0.2) is 0 Å². The van der Waals surface area contributed by atoms with Crippen LogP contribution in [0.3, 0.4) is 0 Å². The van der Waals surface area contributed by atoms with Gasteiger partial charge in [-0.1, -0.05) is 24.3 Å². The summed E-state index contributed by atoms with van der Waals surface area (Å²) < 4.78 is 27.5. The molecule has 0 fully saturated rings. The minimum atomic E-state index is -0.523. The number of fused-ring (bicyclic) bond motifs is 1. The number of benzene rings is 2. The lowest BCUT2D eigenvalue weighted by molar-refractivity contribution is 0.536. The Balaban J connectivity index is 1.94. The van der Waals surface area contributed by atoms with Gasteiger partial charge in [0.05, 0.1) is 5.38 Å². The van der Waals surface area contributed by atoms with Crippen molar-refractivity contribution in [2.75, 3.05) is 0 Å². The van der Waals surface area contributed by atoms with Crippen molar-refractivity contribution in [3.05, 3.63) is 70.3 Å². The lowest BCUT2D eigenvalue weighted by Crippen LogP contribution is -2.21. The summed E-state index contributed by atoms with van der Waals surface area (Å²) in [5.74, 6) is -0.771. The molecule has 0 spiro atoms. The van der Waals surface area contributed by atoms with Crippen LogP contribution in [0.4, 0.5) is 8.78 Å². The summed E-state index contributed by atoms with van der Waals surface area (Å²) in [5, 5.41) is -0.523. The minimum Gasteiger partial charge on any atom is -0.207 e. The normalized spacial score (nSPS) is 18.6. The Bertz CT molecular complexity index is 637. The molecule has 0 aromatic heterocycles. The Morgan fingerprint density at radius 1 is 1.16 bits per heavy atom. The molecule has 0 aliphatic heterocycles. The first-order valence-corrected chi connectivity index (χ1v) is 6.69. The second-order valence-electron chi connectivity index (χ2n) is 5.03. The first kappa shape index (κ1) is 12.6. The van der Waals surface area contributed by atoms with Gasteiger partial charge in [-0.25, -0.2) is 8.78 Å². The fourth-order valence-corrected chi connectivity index (χ4v) is 3.04. The summed E-state index contributed by atoms with van der Waals surface area (Å²) in [4.78, 5) is 0. The summed E-state index contributed by atoms with van der Waals surface area (Å²) in [6.07, 6.45) is 0.819. The minimum absolute atomic E-state index is 0.0643. The van der Waals surface area contributed by atoms with Crippen LogP contribution in [0.1, 0.15) is 33.5 Å². The molecule has 0 N–H and O–H groups in total. The quantitative estimate of drug-likeness (QED) is 0.686. The zero-order valence-corrected chi connectivity index (χ0v) is 11.2. The lowest BCUT2D eigenvalue weighted by Gasteiger charge is -2.34. The third-order valence-corrected chi connectivity index (χ3v) is 4.36. The van der Waals surface area contributed by atoms with Gasteiger partial charge in [0.1, 0.15) is 11.6 Å². The van der Waals surface area contributed by atoms with Gasteiger partial charge in [-0.2, -0.15) is 0 Å². The van der Waals surface area contributed by atoms with Crippen molar-refractivity contribution in [1.82, 2.24) is 0 Å². The molecule has 98 valence electrons. The standard InChI is InChI=1S/C16H13ClF2/c1-9-6-15(19)13(8-14(9)18)16(17)12-7-10-4-2-3-5-11(10)12/h2-6,8,12,16H,7H2,1H3. The van der Waals surface area contributed by atoms with E-state index in [1.54, 1.807) is 6.92 Å². The number of hydrogen-bond donors (Lipinski definition) is 0. The van der Waals surface area contributed by atoms with Crippen LogP contribution in [0, 0.1) is 18.6 Å². The van der Waals surface area contributed by atoms with Gasteiger partial charge in [0.25, 0.3) is 0 Å². The van der Waals surface area contributed by atoms with Crippen LogP contribution in [0.5, 0.6) is 0 Å². The van der Waals surface area contributed by atoms with Crippen LogP contribution >= 0.6 is 11.6 Å². The highest BCUT2D eigenvalue weighted by molar-refractivity contribution is 6.21. The zero-order chi connectivity index (χ0) is 13.6. The van der Waals surface area contributed by atoms with Crippen molar-refractivity contribution < 1.29 is 8.78 Å². The highest BCUT2D eigenvalue weighted by atomic mass is 35.5. The van der Waals surface area contributed by atoms with Crippen LogP contribution in [-0.2, 0) is 6.42 Å². The Hall–Kier alpha value is -1.41. The first-order valence-electron chi connectivity index (χ1n) is 6.25. The highest BCUT2D eigenvalue weighted by Gasteiger charge is 2.34. The molecule has 3 rings (SSSR count). The molecule has 0 bridgehead atoms. The number of halogens is 3. The molecular weight excluding hydrogens is 266 g/mol. The van der Waals surface area contributed by atoms with Crippen molar-refractivity contribution in [2.45, 2.75) is 24.6 Å². The predicted molar refractivity (Wildman–Crippen MR) is 72.6 cm³/mol. The molecular formula is C16H13ClF2. The zero-order valence-electron chi connectivity index (χ0n) is 10.5. The summed E-state index contributed by atoms with van der Waals surface area (Å²) in [7, 11) is 0. The fourth-order valence-electron chi connectivity index (χ4n) is 2.65. The highest BCUT2D eigenvalue weighted by Crippen LogP contribution is 2.47. The van der Waals surface area contributed by atoms with E-state index in [1.807, 2.05) is 24.3 Å². The molecule has 0 amide bonds. The maximum atomic E-state index is 13.9. The van der Waals surface area contributed by atoms with E-state index in [0.717, 1.165) is 12.0 Å². The summed E-state index contributed by atoms with van der Waals surface area (Å²) in [6, 6.07) is 10.4. The molecule has 19 heavy (non-hydrogen) atoms. The van der Waals surface area contributed by atoms with E-state index in [9.17, 15) is 8.78 Å². The van der Waals surface area contributed by atoms with Crippen LogP contribution in [-0.4, -0.2) is 0 Å². The second kappa shape index (κ2) is 4.61. The van der Waals surface area contributed by atoms with Gasteiger partial charge in [0.2, 0.25) is 0 Å². The Kier molecular flexibility index (Phi) is 3.06. The molecule has 0 heterocycles. The first-order chi connectivity index (χ1) is 9.08. The molecule has 0 saturated heterocycles. The number of hydrogen-bond acceptors (Lipinski definition) is 0. The molecule has 0 nitrogen and oxygen atoms in total. The molecule has 0 radical (unpaired) electrons. The summed E-state index contributed by atoms with van der Waals surface area (Å²) >= 11 is 6.36. The third kappa shape index (κ3) is 2.04. The van der Waals surface area contributed by atoms with E-state index in [0.29, 0.717) is 5.56 Å². The topological polar surface area (TPSA) is 0 Å². The maximum Gasteiger partial charge on any atom is 0.128 e. The van der Waals surface area contributed by atoms with Crippen molar-refractivity contribution in [3.8, 4) is 0 Å². The maximum absolute atomic E-state index is 13.9. The van der Waals surface area contributed by atoms with Crippen LogP contribution in [0.15, 0.2) is 36.4 Å². The third-order valence-electron chi connectivity index (χ3n) is 3.82. The number of alkyl halides is 1. The van der Waals surface area contributed by atoms with E-state index in [2.05, 4.69) is 0 Å². The Labute approximate surface area is 116 Å². The molecule has 2 aromatic rings. The smallest absolute Gasteiger partial charge is 0.128 e. The van der Waals surface area contributed by atoms with Crippen LogP contribution in [0.2, 0.25) is 0 Å². The molecule has 3 heteroatoms. The van der Waals surface area contributed by atoms with E-state index in [4.69, 9.17) is 11.6 Å². The number of rotatable bonds is 2. The molecule has 2 atom stereocenters. The van der Waals surface area contributed by atoms with E-state index in [-0.39, 0.29) is 11.5 Å². The van der Waals surface area contributed by atoms with Gasteiger partial charge < -0.3 is 0 Å². The molecule has 0 saturated carbocycles. The van der Waals surface area contributed by atoms with Crippen molar-refractivity contribution in [1.29, 1.82) is 0 Å². The van der Waals surface area contributed by atoms with Crippen LogP contribution in [0.25, 0.3) is 0 Å². The van der Waals surface area contributed by atoms with E-state index >= 15 is 0 Å². The van der Waals surface area contributed by atoms with Gasteiger partial charge in [-0.15, -0.1) is 11.6 Å². The Morgan fingerprint density at radius 2 is 1.89 bits per heavy atom. The fraction of sp³-hybridized carbons (Fsp3) is 0.250. The summed E-state index contributed by atoms with van der Waals surface area (Å²) in [6.45, 7) is 1.55. The molecule has 2 aromatic carbocycles. The van der Waals surface area contributed by atoms with E-state index < -0.39 is 17.0 Å². The molecule has 1 aliphatic carbocycles. The van der Waals surface area contributed by atoms with Gasteiger partial charge in [-0.05, 0) is 42.2 Å². The Morgan fingerprint density at radius 3 is 2.63 bits per heavy atom. The number of aryl methyl sites for hydroxylation is 1. The van der Waals surface area contributed by atoms with Crippen molar-refractivity contribution in [3.63, 3.8) is 0 Å².